The first kappa shape index (κ1) is 22.8. The van der Waals surface area contributed by atoms with E-state index in [0.29, 0.717) is 48.7 Å². The van der Waals surface area contributed by atoms with Crippen molar-refractivity contribution in [3.8, 4) is 0 Å². The summed E-state index contributed by atoms with van der Waals surface area (Å²) in [6, 6.07) is 9.44. The summed E-state index contributed by atoms with van der Waals surface area (Å²) in [5.41, 5.74) is 1.32. The maximum atomic E-state index is 13.1. The highest BCUT2D eigenvalue weighted by Crippen LogP contribution is 2.25. The van der Waals surface area contributed by atoms with Gasteiger partial charge in [-0.25, -0.2) is 18.7 Å². The number of benzene rings is 1. The minimum atomic E-state index is -2.72. The van der Waals surface area contributed by atoms with Crippen LogP contribution in [0.2, 0.25) is 0 Å². The zero-order valence-electron chi connectivity index (χ0n) is 18.6. The van der Waals surface area contributed by atoms with Crippen molar-refractivity contribution < 1.29 is 22.8 Å². The van der Waals surface area contributed by atoms with Gasteiger partial charge in [-0.3, -0.25) is 9.59 Å². The number of aryl methyl sites for hydroxylation is 1. The van der Waals surface area contributed by atoms with E-state index in [4.69, 9.17) is 4.42 Å². The number of oxazole rings is 1. The number of hydrogen-bond donors (Lipinski definition) is 0. The van der Waals surface area contributed by atoms with Gasteiger partial charge in [0, 0.05) is 33.1 Å². The Morgan fingerprint density at radius 3 is 2.58 bits per heavy atom. The van der Waals surface area contributed by atoms with Crippen LogP contribution < -0.4 is 0 Å². The number of carbonyl (C=O) groups excluding carboxylic acids is 2. The van der Waals surface area contributed by atoms with Crippen molar-refractivity contribution in [3.05, 3.63) is 59.2 Å². The Kier molecular flexibility index (Phi) is 6.67. The number of rotatable bonds is 6. The number of likely N-dealkylation sites (tertiary alicyclic amines) is 1. The van der Waals surface area contributed by atoms with E-state index in [1.165, 1.54) is 18.2 Å². The van der Waals surface area contributed by atoms with Crippen molar-refractivity contribution in [3.63, 3.8) is 0 Å². The van der Waals surface area contributed by atoms with E-state index in [2.05, 4.69) is 9.97 Å². The lowest BCUT2D eigenvalue weighted by atomic mass is 9.95. The smallest absolute Gasteiger partial charge is 0.280 e. The first-order valence-electron chi connectivity index (χ1n) is 11.1. The average molecular weight is 456 g/mol. The summed E-state index contributed by atoms with van der Waals surface area (Å²) in [4.78, 5) is 37.6. The van der Waals surface area contributed by atoms with Gasteiger partial charge in [-0.2, -0.15) is 0 Å². The van der Waals surface area contributed by atoms with Gasteiger partial charge in [-0.15, -0.1) is 0 Å². The van der Waals surface area contributed by atoms with Crippen LogP contribution >= 0.6 is 0 Å². The largest absolute Gasteiger partial charge is 0.441 e. The predicted octanol–water partition coefficient (Wildman–Crippen LogP) is 4.48. The summed E-state index contributed by atoms with van der Waals surface area (Å²) >= 11 is 0. The van der Waals surface area contributed by atoms with Crippen molar-refractivity contribution >= 4 is 22.9 Å². The van der Waals surface area contributed by atoms with E-state index >= 15 is 0 Å². The zero-order valence-corrected chi connectivity index (χ0v) is 18.6. The molecule has 0 N–H and O–H groups in total. The Morgan fingerprint density at radius 1 is 1.15 bits per heavy atom. The van der Waals surface area contributed by atoms with E-state index in [0.717, 1.165) is 12.8 Å². The highest BCUT2D eigenvalue weighted by molar-refractivity contribution is 6.04. The molecule has 1 aliphatic heterocycles. The van der Waals surface area contributed by atoms with Crippen LogP contribution in [0.4, 0.5) is 8.78 Å². The summed E-state index contributed by atoms with van der Waals surface area (Å²) in [6.45, 7) is 5.69. The average Bonchev–Trinajstić information content (AvgIpc) is 3.22. The Labute approximate surface area is 190 Å². The molecular weight excluding hydrogens is 430 g/mol. The van der Waals surface area contributed by atoms with Gasteiger partial charge in [-0.05, 0) is 49.9 Å². The van der Waals surface area contributed by atoms with Gasteiger partial charge in [-0.1, -0.05) is 12.1 Å². The number of alkyl halides is 2. The minimum Gasteiger partial charge on any atom is -0.441 e. The molecule has 4 rings (SSSR count). The third-order valence-electron chi connectivity index (χ3n) is 6.02. The fourth-order valence-corrected chi connectivity index (χ4v) is 4.24. The van der Waals surface area contributed by atoms with Crippen LogP contribution in [0.25, 0.3) is 11.1 Å². The fraction of sp³-hybridized carbons (Fsp3) is 0.417. The minimum absolute atomic E-state index is 0.0262. The topological polar surface area (TPSA) is 79.5 Å². The monoisotopic (exact) mass is 456 g/mol. The maximum Gasteiger partial charge on any atom is 0.280 e. The van der Waals surface area contributed by atoms with Crippen molar-refractivity contribution in [2.24, 2.45) is 5.92 Å². The molecule has 0 atom stereocenters. The molecule has 0 saturated carbocycles. The molecule has 2 aromatic heterocycles. The second kappa shape index (κ2) is 9.64. The molecule has 1 aromatic carbocycles. The first-order chi connectivity index (χ1) is 15.9. The standard InChI is InChI=1S/C24H26F2N4O3/c1-3-29(24(32)19-8-5-7-18(28-19)22(25)26)14-16-10-12-30(13-11-16)23(31)17-6-4-9-20-21(17)27-15(2)33-20/h4-9,16,22H,3,10-14H2,1-2H3. The van der Waals surface area contributed by atoms with Crippen LogP contribution in [0.15, 0.2) is 40.8 Å². The van der Waals surface area contributed by atoms with E-state index in [1.807, 2.05) is 6.92 Å². The molecular formula is C24H26F2N4O3. The molecule has 0 radical (unpaired) electrons. The number of para-hydroxylation sites is 1. The number of carbonyl (C=O) groups is 2. The molecule has 1 saturated heterocycles. The highest BCUT2D eigenvalue weighted by Gasteiger charge is 2.28. The third kappa shape index (κ3) is 4.86. The van der Waals surface area contributed by atoms with Gasteiger partial charge >= 0.3 is 0 Å². The number of amides is 2. The lowest BCUT2D eigenvalue weighted by molar-refractivity contribution is 0.0612. The normalized spacial score (nSPS) is 14.8. The zero-order chi connectivity index (χ0) is 23.5. The molecule has 1 aliphatic rings. The molecule has 3 aromatic rings. The number of fused-ring (bicyclic) bond motifs is 1. The molecule has 0 aliphatic carbocycles. The van der Waals surface area contributed by atoms with Gasteiger partial charge in [0.05, 0.1) is 5.56 Å². The van der Waals surface area contributed by atoms with Gasteiger partial charge < -0.3 is 14.2 Å². The van der Waals surface area contributed by atoms with Crippen LogP contribution in [0, 0.1) is 12.8 Å². The van der Waals surface area contributed by atoms with Crippen LogP contribution in [0.5, 0.6) is 0 Å². The summed E-state index contributed by atoms with van der Waals surface area (Å²) in [5.74, 6) is 0.290. The fourth-order valence-electron chi connectivity index (χ4n) is 4.24. The lowest BCUT2D eigenvalue weighted by Gasteiger charge is -2.34. The molecule has 9 heteroatoms. The molecule has 174 valence electrons. The third-order valence-corrected chi connectivity index (χ3v) is 6.02. The molecule has 1 fully saturated rings. The Bertz CT molecular complexity index is 1160. The first-order valence-corrected chi connectivity index (χ1v) is 11.1. The van der Waals surface area contributed by atoms with E-state index in [9.17, 15) is 18.4 Å². The second-order valence-electron chi connectivity index (χ2n) is 8.21. The number of piperidine rings is 1. The van der Waals surface area contributed by atoms with E-state index < -0.39 is 12.1 Å². The van der Waals surface area contributed by atoms with Gasteiger partial charge in [0.2, 0.25) is 0 Å². The summed E-state index contributed by atoms with van der Waals surface area (Å²) in [7, 11) is 0. The van der Waals surface area contributed by atoms with Crippen molar-refractivity contribution in [1.29, 1.82) is 0 Å². The number of pyridine rings is 1. The molecule has 2 amide bonds. The Balaban J connectivity index is 1.38. The Morgan fingerprint density at radius 2 is 1.88 bits per heavy atom. The van der Waals surface area contributed by atoms with E-state index in [1.54, 1.807) is 34.9 Å². The van der Waals surface area contributed by atoms with Gasteiger partial charge in [0.15, 0.2) is 11.5 Å². The summed E-state index contributed by atoms with van der Waals surface area (Å²) in [5, 5.41) is 0. The van der Waals surface area contributed by atoms with Crippen molar-refractivity contribution in [1.82, 2.24) is 19.8 Å². The quantitative estimate of drug-likeness (QED) is 0.546. The lowest BCUT2D eigenvalue weighted by Crippen LogP contribution is -2.43. The maximum absolute atomic E-state index is 13.1. The number of aromatic nitrogens is 2. The van der Waals surface area contributed by atoms with Crippen molar-refractivity contribution in [2.75, 3.05) is 26.2 Å². The van der Waals surface area contributed by atoms with Crippen LogP contribution in [0.1, 0.15) is 58.6 Å². The molecule has 7 nitrogen and oxygen atoms in total. The van der Waals surface area contributed by atoms with Crippen LogP contribution in [-0.2, 0) is 0 Å². The summed E-state index contributed by atoms with van der Waals surface area (Å²) < 4.78 is 31.4. The van der Waals surface area contributed by atoms with Gasteiger partial charge in [0.1, 0.15) is 16.9 Å². The number of hydrogen-bond acceptors (Lipinski definition) is 5. The summed E-state index contributed by atoms with van der Waals surface area (Å²) in [6.07, 6.45) is -1.23. The number of nitrogens with zero attached hydrogens (tertiary/aromatic N) is 4. The van der Waals surface area contributed by atoms with Crippen LogP contribution in [0.3, 0.4) is 0 Å². The van der Waals surface area contributed by atoms with E-state index in [-0.39, 0.29) is 23.4 Å². The molecule has 3 heterocycles. The predicted molar refractivity (Wildman–Crippen MR) is 118 cm³/mol. The molecule has 0 unspecified atom stereocenters. The Hall–Kier alpha value is -3.36. The second-order valence-corrected chi connectivity index (χ2v) is 8.21. The van der Waals surface area contributed by atoms with Crippen molar-refractivity contribution in [2.45, 2.75) is 33.1 Å². The SMILES string of the molecule is CCN(CC1CCN(C(=O)c2cccc3oc(C)nc23)CC1)C(=O)c1cccc(C(F)F)n1. The number of halogens is 2. The molecule has 33 heavy (non-hydrogen) atoms. The molecule has 0 bridgehead atoms. The molecule has 0 spiro atoms. The van der Waals surface area contributed by atoms with Crippen LogP contribution in [-0.4, -0.2) is 57.8 Å². The highest BCUT2D eigenvalue weighted by atomic mass is 19.3. The van der Waals surface area contributed by atoms with Gasteiger partial charge in [0.25, 0.3) is 18.2 Å².